The number of rotatable bonds is 2. The highest BCUT2D eigenvalue weighted by Gasteiger charge is 2.14. The van der Waals surface area contributed by atoms with Crippen LogP contribution >= 0.6 is 0 Å². The number of ether oxygens (including phenoxy) is 1. The van der Waals surface area contributed by atoms with Gasteiger partial charge in [-0.2, -0.15) is 5.26 Å². The summed E-state index contributed by atoms with van der Waals surface area (Å²) in [6, 6.07) is 13.0. The monoisotopic (exact) mass is 319 g/mol. The first-order valence-electron chi connectivity index (χ1n) is 7.26. The van der Waals surface area contributed by atoms with Crippen LogP contribution < -0.4 is 10.4 Å². The summed E-state index contributed by atoms with van der Waals surface area (Å²) in [4.78, 5) is 23.8. The maximum atomic E-state index is 12.2. The molecule has 0 fully saturated rings. The van der Waals surface area contributed by atoms with Crippen LogP contribution in [0.2, 0.25) is 0 Å². The minimum absolute atomic E-state index is 0.325. The van der Waals surface area contributed by atoms with Gasteiger partial charge in [0.05, 0.1) is 17.2 Å². The fraction of sp³-hybridized carbons (Fsp3) is 0.105. The molecule has 24 heavy (non-hydrogen) atoms. The number of nitrogens with zero attached hydrogens (tertiary/aromatic N) is 1. The maximum Gasteiger partial charge on any atom is 0.343 e. The van der Waals surface area contributed by atoms with E-state index in [1.54, 1.807) is 31.2 Å². The van der Waals surface area contributed by atoms with Crippen molar-refractivity contribution < 1.29 is 13.9 Å². The highest BCUT2D eigenvalue weighted by atomic mass is 16.5. The predicted octanol–water partition coefficient (Wildman–Crippen LogP) is 3.50. The van der Waals surface area contributed by atoms with Crippen LogP contribution in [0.25, 0.3) is 11.0 Å². The van der Waals surface area contributed by atoms with Crippen molar-refractivity contribution in [2.24, 2.45) is 0 Å². The number of aryl methyl sites for hydroxylation is 2. The van der Waals surface area contributed by atoms with Gasteiger partial charge in [0.25, 0.3) is 0 Å². The molecule has 0 amide bonds. The lowest BCUT2D eigenvalue weighted by molar-refractivity contribution is 0.0733. The van der Waals surface area contributed by atoms with Gasteiger partial charge in [0, 0.05) is 17.0 Å². The van der Waals surface area contributed by atoms with Crippen LogP contribution in [0.3, 0.4) is 0 Å². The number of hydrogen-bond acceptors (Lipinski definition) is 5. The Labute approximate surface area is 137 Å². The number of esters is 1. The quantitative estimate of drug-likeness (QED) is 0.410. The van der Waals surface area contributed by atoms with E-state index in [0.29, 0.717) is 28.0 Å². The number of nitriles is 1. The summed E-state index contributed by atoms with van der Waals surface area (Å²) in [5.74, 6) is -0.220. The molecule has 1 aromatic heterocycles. The van der Waals surface area contributed by atoms with Crippen LogP contribution in [-0.2, 0) is 0 Å². The van der Waals surface area contributed by atoms with Gasteiger partial charge >= 0.3 is 11.6 Å². The van der Waals surface area contributed by atoms with E-state index in [1.165, 1.54) is 18.2 Å². The highest BCUT2D eigenvalue weighted by molar-refractivity contribution is 5.92. The molecule has 0 bridgehead atoms. The number of carbonyl (C=O) groups excluding carboxylic acids is 1. The molecular formula is C19H13NO4. The van der Waals surface area contributed by atoms with Crippen molar-refractivity contribution in [3.05, 3.63) is 75.1 Å². The van der Waals surface area contributed by atoms with Crippen molar-refractivity contribution in [3.8, 4) is 11.8 Å². The second-order valence-electron chi connectivity index (χ2n) is 5.39. The van der Waals surface area contributed by atoms with Crippen LogP contribution in [-0.4, -0.2) is 5.97 Å². The minimum atomic E-state index is -0.545. The molecule has 118 valence electrons. The predicted molar refractivity (Wildman–Crippen MR) is 88.1 cm³/mol. The molecule has 0 aliphatic carbocycles. The summed E-state index contributed by atoms with van der Waals surface area (Å²) < 4.78 is 10.7. The lowest BCUT2D eigenvalue weighted by atomic mass is 10.1. The van der Waals surface area contributed by atoms with E-state index in [0.717, 1.165) is 10.9 Å². The highest BCUT2D eigenvalue weighted by Crippen LogP contribution is 2.28. The van der Waals surface area contributed by atoms with Gasteiger partial charge < -0.3 is 9.15 Å². The lowest BCUT2D eigenvalue weighted by Gasteiger charge is -2.10. The van der Waals surface area contributed by atoms with Gasteiger partial charge in [0.15, 0.2) is 0 Å². The van der Waals surface area contributed by atoms with E-state index >= 15 is 0 Å². The summed E-state index contributed by atoms with van der Waals surface area (Å²) in [6.45, 7) is 3.55. The third kappa shape index (κ3) is 2.77. The van der Waals surface area contributed by atoms with Gasteiger partial charge in [-0.15, -0.1) is 0 Å². The first kappa shape index (κ1) is 15.5. The zero-order valence-electron chi connectivity index (χ0n) is 13.1. The molecule has 5 heteroatoms. The zero-order chi connectivity index (χ0) is 17.3. The molecule has 0 aliphatic heterocycles. The van der Waals surface area contributed by atoms with E-state index in [2.05, 4.69) is 0 Å². The van der Waals surface area contributed by atoms with Crippen molar-refractivity contribution in [2.75, 3.05) is 0 Å². The van der Waals surface area contributed by atoms with Gasteiger partial charge in [-0.25, -0.2) is 9.59 Å². The van der Waals surface area contributed by atoms with E-state index in [-0.39, 0.29) is 0 Å². The van der Waals surface area contributed by atoms with Crippen molar-refractivity contribution in [1.82, 2.24) is 0 Å². The number of benzene rings is 2. The van der Waals surface area contributed by atoms with Crippen LogP contribution in [0.5, 0.6) is 5.75 Å². The molecule has 0 saturated heterocycles. The fourth-order valence-corrected chi connectivity index (χ4v) is 2.45. The van der Waals surface area contributed by atoms with E-state index in [1.807, 2.05) is 13.0 Å². The molecule has 3 rings (SSSR count). The van der Waals surface area contributed by atoms with E-state index < -0.39 is 11.6 Å². The molecule has 2 aromatic carbocycles. The van der Waals surface area contributed by atoms with Gasteiger partial charge in [0.2, 0.25) is 0 Å². The molecule has 0 saturated carbocycles. The van der Waals surface area contributed by atoms with Gasteiger partial charge in [-0.05, 0) is 55.8 Å². The Morgan fingerprint density at radius 2 is 1.83 bits per heavy atom. The average Bonchev–Trinajstić information content (AvgIpc) is 2.57. The molecule has 0 N–H and O–H groups in total. The molecule has 3 aromatic rings. The zero-order valence-corrected chi connectivity index (χ0v) is 13.1. The smallest absolute Gasteiger partial charge is 0.343 e. The van der Waals surface area contributed by atoms with Gasteiger partial charge in [-0.3, -0.25) is 0 Å². The second kappa shape index (κ2) is 6.01. The van der Waals surface area contributed by atoms with Crippen LogP contribution in [0.1, 0.15) is 27.0 Å². The second-order valence-corrected chi connectivity index (χ2v) is 5.39. The summed E-state index contributed by atoms with van der Waals surface area (Å²) in [6.07, 6.45) is 0. The topological polar surface area (TPSA) is 80.3 Å². The third-order valence-corrected chi connectivity index (χ3v) is 3.77. The molecule has 1 heterocycles. The number of hydrogen-bond donors (Lipinski definition) is 0. The Morgan fingerprint density at radius 1 is 1.12 bits per heavy atom. The van der Waals surface area contributed by atoms with Crippen LogP contribution in [0, 0.1) is 25.2 Å². The molecule has 0 spiro atoms. The summed E-state index contributed by atoms with van der Waals surface area (Å²) in [5, 5.41) is 9.58. The van der Waals surface area contributed by atoms with E-state index in [9.17, 15) is 9.59 Å². The van der Waals surface area contributed by atoms with Crippen LogP contribution in [0.15, 0.2) is 51.7 Å². The Morgan fingerprint density at radius 3 is 2.50 bits per heavy atom. The van der Waals surface area contributed by atoms with Crippen LogP contribution in [0.4, 0.5) is 0 Å². The molecule has 0 atom stereocenters. The Kier molecular flexibility index (Phi) is 3.88. The fourth-order valence-electron chi connectivity index (χ4n) is 2.45. The summed E-state index contributed by atoms with van der Waals surface area (Å²) in [5.41, 5.74) is 2.14. The van der Waals surface area contributed by atoms with Gasteiger partial charge in [-0.1, -0.05) is 0 Å². The van der Waals surface area contributed by atoms with E-state index in [4.69, 9.17) is 14.4 Å². The first-order chi connectivity index (χ1) is 11.5. The minimum Gasteiger partial charge on any atom is -0.423 e. The van der Waals surface area contributed by atoms with Crippen molar-refractivity contribution in [1.29, 1.82) is 5.26 Å². The molecule has 0 unspecified atom stereocenters. The van der Waals surface area contributed by atoms with Gasteiger partial charge in [0.1, 0.15) is 11.3 Å². The van der Waals surface area contributed by atoms with Crippen molar-refractivity contribution in [3.63, 3.8) is 0 Å². The number of carbonyl (C=O) groups is 1. The summed E-state index contributed by atoms with van der Waals surface area (Å²) in [7, 11) is 0. The van der Waals surface area contributed by atoms with Crippen molar-refractivity contribution in [2.45, 2.75) is 13.8 Å². The Bertz CT molecular complexity index is 1040. The standard InChI is InChI=1S/C19H13NO4/c1-11-9-17(21)24-18-12(2)16(8-7-15(11)18)23-19(22)14-5-3-13(10-20)4-6-14/h3-9H,1-2H3. The Hall–Kier alpha value is -3.39. The lowest BCUT2D eigenvalue weighted by Crippen LogP contribution is -2.09. The molecule has 0 radical (unpaired) electrons. The summed E-state index contributed by atoms with van der Waals surface area (Å²) >= 11 is 0. The normalized spacial score (nSPS) is 10.4. The Balaban J connectivity index is 1.98. The average molecular weight is 319 g/mol. The third-order valence-electron chi connectivity index (χ3n) is 3.77. The number of fused-ring (bicyclic) bond motifs is 1. The maximum absolute atomic E-state index is 12.2. The molecular weight excluding hydrogens is 306 g/mol. The molecule has 0 aliphatic rings. The first-order valence-corrected chi connectivity index (χ1v) is 7.26. The molecule has 5 nitrogen and oxygen atoms in total. The SMILES string of the molecule is Cc1cc(=O)oc2c(C)c(OC(=O)c3ccc(C#N)cc3)ccc12. The largest absolute Gasteiger partial charge is 0.423 e. The van der Waals surface area contributed by atoms with Crippen molar-refractivity contribution >= 4 is 16.9 Å².